The van der Waals surface area contributed by atoms with Crippen molar-refractivity contribution in [2.24, 2.45) is 0 Å². The van der Waals surface area contributed by atoms with Gasteiger partial charge in [0.05, 0.1) is 11.3 Å². The van der Waals surface area contributed by atoms with E-state index in [2.05, 4.69) is 4.98 Å². The number of carbonyl (C=O) groups excluding carboxylic acids is 3. The van der Waals surface area contributed by atoms with Crippen molar-refractivity contribution in [3.8, 4) is 0 Å². The predicted octanol–water partition coefficient (Wildman–Crippen LogP) is 3.18. The summed E-state index contributed by atoms with van der Waals surface area (Å²) in [5.74, 6) is -1.90. The van der Waals surface area contributed by atoms with Crippen LogP contribution in [0, 0.1) is 0 Å². The van der Waals surface area contributed by atoms with Gasteiger partial charge in [-0.3, -0.25) is 18.8 Å². The van der Waals surface area contributed by atoms with Crippen molar-refractivity contribution < 1.29 is 19.1 Å². The Morgan fingerprint density at radius 3 is 2.23 bits per heavy atom. The number of esters is 1. The van der Waals surface area contributed by atoms with Gasteiger partial charge in [0.15, 0.2) is 4.96 Å². The summed E-state index contributed by atoms with van der Waals surface area (Å²) in [5.41, 5.74) is 0.789. The molecule has 2 aromatic heterocycles. The van der Waals surface area contributed by atoms with E-state index in [1.165, 1.54) is 46.1 Å². The van der Waals surface area contributed by atoms with Crippen molar-refractivity contribution in [2.45, 2.75) is 6.61 Å². The summed E-state index contributed by atoms with van der Waals surface area (Å²) in [7, 11) is 0. The van der Waals surface area contributed by atoms with Gasteiger partial charge >= 0.3 is 5.97 Å². The molecule has 0 radical (unpaired) electrons. The summed E-state index contributed by atoms with van der Waals surface area (Å²) in [6.45, 7) is -0.157. The van der Waals surface area contributed by atoms with Crippen LogP contribution in [0.25, 0.3) is 4.96 Å². The van der Waals surface area contributed by atoms with Gasteiger partial charge in [-0.15, -0.1) is 11.3 Å². The molecule has 0 aliphatic carbocycles. The second-order valence-corrected chi connectivity index (χ2v) is 7.19. The number of ether oxygens (including phenoxy) is 1. The zero-order valence-electron chi connectivity index (χ0n) is 15.5. The first-order valence-electron chi connectivity index (χ1n) is 8.90. The van der Waals surface area contributed by atoms with Crippen LogP contribution in [0.4, 0.5) is 0 Å². The van der Waals surface area contributed by atoms with Gasteiger partial charge in [0.25, 0.3) is 5.56 Å². The molecule has 4 rings (SSSR count). The van der Waals surface area contributed by atoms with Crippen LogP contribution >= 0.6 is 11.3 Å². The molecular weight excluding hydrogens is 404 g/mol. The van der Waals surface area contributed by atoms with Crippen LogP contribution in [0.2, 0.25) is 0 Å². The lowest BCUT2D eigenvalue weighted by atomic mass is 10.0. The van der Waals surface area contributed by atoms with E-state index >= 15 is 0 Å². The highest BCUT2D eigenvalue weighted by Gasteiger charge is 2.18. The van der Waals surface area contributed by atoms with Crippen LogP contribution in [0.3, 0.4) is 0 Å². The van der Waals surface area contributed by atoms with Gasteiger partial charge in [-0.1, -0.05) is 42.5 Å². The molecule has 0 unspecified atom stereocenters. The molecule has 0 atom stereocenters. The molecule has 4 aromatic rings. The molecule has 8 heteroatoms. The molecular formula is C22H14N2O5S. The molecule has 0 saturated carbocycles. The van der Waals surface area contributed by atoms with Crippen LogP contribution in [0.15, 0.2) is 77.0 Å². The number of ketones is 2. The second kappa shape index (κ2) is 8.22. The molecule has 148 valence electrons. The highest BCUT2D eigenvalue weighted by molar-refractivity contribution is 7.15. The average molecular weight is 418 g/mol. The Kier molecular flexibility index (Phi) is 5.32. The van der Waals surface area contributed by atoms with E-state index in [9.17, 15) is 19.2 Å². The first-order chi connectivity index (χ1) is 14.5. The molecule has 0 N–H and O–H groups in total. The van der Waals surface area contributed by atoms with E-state index in [-0.39, 0.29) is 23.3 Å². The molecule has 7 nitrogen and oxygen atoms in total. The van der Waals surface area contributed by atoms with E-state index in [0.29, 0.717) is 16.2 Å². The number of nitrogens with zero attached hydrogens (tertiary/aromatic N) is 2. The summed E-state index contributed by atoms with van der Waals surface area (Å²) in [6.07, 6.45) is 1.62. The van der Waals surface area contributed by atoms with Gasteiger partial charge in [0.1, 0.15) is 6.61 Å². The number of thiazole rings is 1. The number of carbonyl (C=O) groups is 3. The zero-order valence-corrected chi connectivity index (χ0v) is 16.3. The smallest absolute Gasteiger partial charge is 0.338 e. The van der Waals surface area contributed by atoms with E-state index in [1.54, 1.807) is 41.9 Å². The van der Waals surface area contributed by atoms with Crippen molar-refractivity contribution in [3.05, 3.63) is 105 Å². The minimum atomic E-state index is -0.657. The first-order valence-corrected chi connectivity index (χ1v) is 9.78. The molecule has 0 aliphatic rings. The summed E-state index contributed by atoms with van der Waals surface area (Å²) in [6, 6.07) is 15.2. The third kappa shape index (κ3) is 3.94. The lowest BCUT2D eigenvalue weighted by Gasteiger charge is -2.06. The van der Waals surface area contributed by atoms with Crippen molar-refractivity contribution in [3.63, 3.8) is 0 Å². The fourth-order valence-electron chi connectivity index (χ4n) is 2.79. The van der Waals surface area contributed by atoms with Crippen LogP contribution in [-0.2, 0) is 11.3 Å². The van der Waals surface area contributed by atoms with Gasteiger partial charge < -0.3 is 4.74 Å². The second-order valence-electron chi connectivity index (χ2n) is 6.32. The molecule has 2 aromatic carbocycles. The van der Waals surface area contributed by atoms with Gasteiger partial charge in [-0.2, -0.15) is 0 Å². The first kappa shape index (κ1) is 19.4. The third-order valence-corrected chi connectivity index (χ3v) is 5.09. The average Bonchev–Trinajstić information content (AvgIpc) is 3.26. The number of hydrogen-bond acceptors (Lipinski definition) is 7. The van der Waals surface area contributed by atoms with Crippen molar-refractivity contribution in [1.29, 1.82) is 0 Å². The predicted molar refractivity (Wildman–Crippen MR) is 110 cm³/mol. The van der Waals surface area contributed by atoms with Gasteiger partial charge in [0.2, 0.25) is 11.6 Å². The van der Waals surface area contributed by atoms with Crippen molar-refractivity contribution >= 4 is 33.8 Å². The van der Waals surface area contributed by atoms with Crippen LogP contribution in [0.1, 0.15) is 36.8 Å². The maximum atomic E-state index is 12.3. The maximum Gasteiger partial charge on any atom is 0.338 e. The molecule has 0 fully saturated rings. The van der Waals surface area contributed by atoms with Gasteiger partial charge in [0, 0.05) is 28.8 Å². The molecule has 0 bridgehead atoms. The molecule has 0 spiro atoms. The normalized spacial score (nSPS) is 10.7. The third-order valence-electron chi connectivity index (χ3n) is 4.33. The highest BCUT2D eigenvalue weighted by atomic mass is 32.1. The quantitative estimate of drug-likeness (QED) is 0.271. The van der Waals surface area contributed by atoms with Crippen LogP contribution < -0.4 is 5.56 Å². The van der Waals surface area contributed by atoms with Crippen molar-refractivity contribution in [2.75, 3.05) is 0 Å². The van der Waals surface area contributed by atoms with Crippen molar-refractivity contribution in [1.82, 2.24) is 9.38 Å². The molecule has 0 amide bonds. The standard InChI is InChI=1S/C22H14N2O5S/c25-18-12-17(23-22-24(18)10-11-30-22)13-29-21(28)16-8-6-15(7-9-16)20(27)19(26)14-4-2-1-3-5-14/h1-12H,13H2. The molecule has 30 heavy (non-hydrogen) atoms. The lowest BCUT2D eigenvalue weighted by Crippen LogP contribution is -2.15. The van der Waals surface area contributed by atoms with E-state index in [0.717, 1.165) is 0 Å². The van der Waals surface area contributed by atoms with E-state index in [4.69, 9.17) is 4.74 Å². The summed E-state index contributed by atoms with van der Waals surface area (Å²) in [5, 5.41) is 1.74. The van der Waals surface area contributed by atoms with Gasteiger partial charge in [-0.25, -0.2) is 9.78 Å². The fourth-order valence-corrected chi connectivity index (χ4v) is 3.53. The Labute approximate surface area is 174 Å². The van der Waals surface area contributed by atoms with Gasteiger partial charge in [-0.05, 0) is 12.1 Å². The summed E-state index contributed by atoms with van der Waals surface area (Å²) in [4.78, 5) is 53.6. The Bertz CT molecular complexity index is 1310. The number of rotatable bonds is 6. The number of aromatic nitrogens is 2. The Balaban J connectivity index is 1.43. The SMILES string of the molecule is O=C(OCc1cc(=O)n2ccsc2n1)c1ccc(C(=O)C(=O)c2ccccc2)cc1. The number of hydrogen-bond donors (Lipinski definition) is 0. The van der Waals surface area contributed by atoms with Crippen LogP contribution in [0.5, 0.6) is 0 Å². The number of fused-ring (bicyclic) bond motifs is 1. The fraction of sp³-hybridized carbons (Fsp3) is 0.0455. The van der Waals surface area contributed by atoms with E-state index < -0.39 is 17.5 Å². The minimum absolute atomic E-state index is 0.157. The minimum Gasteiger partial charge on any atom is -0.456 e. The monoisotopic (exact) mass is 418 g/mol. The number of benzene rings is 2. The Morgan fingerprint density at radius 2 is 1.53 bits per heavy atom. The Morgan fingerprint density at radius 1 is 0.900 bits per heavy atom. The summed E-state index contributed by atoms with van der Waals surface area (Å²) >= 11 is 1.30. The van der Waals surface area contributed by atoms with Crippen LogP contribution in [-0.4, -0.2) is 26.9 Å². The largest absolute Gasteiger partial charge is 0.456 e. The molecule has 2 heterocycles. The molecule has 0 saturated heterocycles. The summed E-state index contributed by atoms with van der Waals surface area (Å²) < 4.78 is 6.62. The lowest BCUT2D eigenvalue weighted by molar-refractivity contribution is 0.0467. The number of Topliss-reactive ketones (excluding diaryl/α,β-unsaturated/α-hetero) is 2. The molecule has 0 aliphatic heterocycles. The highest BCUT2D eigenvalue weighted by Crippen LogP contribution is 2.12. The Hall–Kier alpha value is -3.91. The van der Waals surface area contributed by atoms with E-state index in [1.807, 2.05) is 0 Å². The maximum absolute atomic E-state index is 12.3. The topological polar surface area (TPSA) is 94.8 Å². The zero-order chi connectivity index (χ0) is 21.1.